The molecule has 0 saturated carbocycles. The van der Waals surface area contributed by atoms with E-state index in [2.05, 4.69) is 0 Å². The van der Waals surface area contributed by atoms with Crippen LogP contribution >= 0.6 is 0 Å². The van der Waals surface area contributed by atoms with E-state index >= 15 is 0 Å². The molecule has 0 saturated heterocycles. The van der Waals surface area contributed by atoms with Crippen LogP contribution in [0.5, 0.6) is 0 Å². The first-order valence-corrected chi connectivity index (χ1v) is 5.14. The minimum atomic E-state index is -0.381. The van der Waals surface area contributed by atoms with Gasteiger partial charge in [0.25, 0.3) is 0 Å². The van der Waals surface area contributed by atoms with Gasteiger partial charge in [-0.2, -0.15) is 0 Å². The highest BCUT2D eigenvalue weighted by Crippen LogP contribution is 2.03. The van der Waals surface area contributed by atoms with Crippen molar-refractivity contribution in [3.8, 4) is 0 Å². The van der Waals surface area contributed by atoms with Gasteiger partial charge in [0.15, 0.2) is 0 Å². The number of benzene rings is 1. The van der Waals surface area contributed by atoms with Crippen LogP contribution in [0.1, 0.15) is 30.1 Å². The summed E-state index contributed by atoms with van der Waals surface area (Å²) in [4.78, 5) is 11.4. The van der Waals surface area contributed by atoms with Crippen molar-refractivity contribution in [3.05, 3.63) is 35.9 Å². The summed E-state index contributed by atoms with van der Waals surface area (Å²) in [5.41, 5.74) is 0.545. The zero-order chi connectivity index (χ0) is 11.1. The Morgan fingerprint density at radius 1 is 1.40 bits per heavy atom. The number of carbonyl (C=O) groups excluding carboxylic acids is 1. The molecule has 1 aromatic carbocycles. The Morgan fingerprint density at radius 2 is 2.07 bits per heavy atom. The van der Waals surface area contributed by atoms with Crippen LogP contribution in [0.2, 0.25) is 0 Å². The molecule has 1 unspecified atom stereocenters. The molecule has 82 valence electrons. The molecular formula is C12H16O3. The van der Waals surface area contributed by atoms with E-state index in [1.807, 2.05) is 13.0 Å². The summed E-state index contributed by atoms with van der Waals surface area (Å²) >= 11 is 0. The fourth-order valence-electron chi connectivity index (χ4n) is 1.15. The molecule has 0 fully saturated rings. The third kappa shape index (κ3) is 4.13. The fraction of sp³-hybridized carbons (Fsp3) is 0.417. The summed E-state index contributed by atoms with van der Waals surface area (Å²) < 4.78 is 5.00. The van der Waals surface area contributed by atoms with E-state index in [1.54, 1.807) is 24.3 Å². The molecule has 0 aliphatic rings. The van der Waals surface area contributed by atoms with E-state index in [9.17, 15) is 9.90 Å². The van der Waals surface area contributed by atoms with Gasteiger partial charge >= 0.3 is 5.97 Å². The first kappa shape index (κ1) is 11.7. The molecule has 3 heteroatoms. The summed E-state index contributed by atoms with van der Waals surface area (Å²) in [5.74, 6) is -0.334. The SMILES string of the molecule is CCC(O)CCOC(=O)c1ccccc1. The maximum atomic E-state index is 11.4. The molecule has 0 amide bonds. The number of carbonyl (C=O) groups is 1. The second-order valence-electron chi connectivity index (χ2n) is 3.35. The second-order valence-corrected chi connectivity index (χ2v) is 3.35. The van der Waals surface area contributed by atoms with Crippen LogP contribution < -0.4 is 0 Å². The molecule has 0 bridgehead atoms. The van der Waals surface area contributed by atoms with Gasteiger partial charge in [0, 0.05) is 6.42 Å². The number of aliphatic hydroxyl groups excluding tert-OH is 1. The molecule has 0 spiro atoms. The molecule has 1 atom stereocenters. The largest absolute Gasteiger partial charge is 0.462 e. The predicted molar refractivity (Wildman–Crippen MR) is 57.6 cm³/mol. The van der Waals surface area contributed by atoms with Crippen molar-refractivity contribution in [1.29, 1.82) is 0 Å². The highest BCUT2D eigenvalue weighted by Gasteiger charge is 2.07. The average Bonchev–Trinajstić information content (AvgIpc) is 2.29. The van der Waals surface area contributed by atoms with Crippen molar-refractivity contribution in [2.45, 2.75) is 25.9 Å². The molecule has 1 aromatic rings. The van der Waals surface area contributed by atoms with E-state index in [4.69, 9.17) is 4.74 Å². The Labute approximate surface area is 89.7 Å². The molecule has 0 radical (unpaired) electrons. The number of esters is 1. The van der Waals surface area contributed by atoms with Crippen LogP contribution in [-0.4, -0.2) is 23.8 Å². The van der Waals surface area contributed by atoms with Crippen LogP contribution in [0.15, 0.2) is 30.3 Å². The highest BCUT2D eigenvalue weighted by atomic mass is 16.5. The van der Waals surface area contributed by atoms with Crippen molar-refractivity contribution >= 4 is 5.97 Å². The van der Waals surface area contributed by atoms with Crippen LogP contribution in [0.4, 0.5) is 0 Å². The fourth-order valence-corrected chi connectivity index (χ4v) is 1.15. The summed E-state index contributed by atoms with van der Waals surface area (Å²) in [5, 5.41) is 9.25. The smallest absolute Gasteiger partial charge is 0.338 e. The molecule has 1 N–H and O–H groups in total. The maximum absolute atomic E-state index is 11.4. The summed E-state index contributed by atoms with van der Waals surface area (Å²) in [6.45, 7) is 2.16. The average molecular weight is 208 g/mol. The Morgan fingerprint density at radius 3 is 2.67 bits per heavy atom. The van der Waals surface area contributed by atoms with Gasteiger partial charge < -0.3 is 9.84 Å². The number of aliphatic hydroxyl groups is 1. The zero-order valence-electron chi connectivity index (χ0n) is 8.85. The van der Waals surface area contributed by atoms with Gasteiger partial charge in [0.05, 0.1) is 18.3 Å². The van der Waals surface area contributed by atoms with Crippen molar-refractivity contribution in [1.82, 2.24) is 0 Å². The molecule has 0 aliphatic heterocycles. The lowest BCUT2D eigenvalue weighted by Crippen LogP contribution is -2.12. The highest BCUT2D eigenvalue weighted by molar-refractivity contribution is 5.89. The lowest BCUT2D eigenvalue weighted by Gasteiger charge is -2.08. The Hall–Kier alpha value is -1.35. The van der Waals surface area contributed by atoms with E-state index in [0.717, 1.165) is 0 Å². The monoisotopic (exact) mass is 208 g/mol. The minimum absolute atomic E-state index is 0.267. The topological polar surface area (TPSA) is 46.5 Å². The third-order valence-electron chi connectivity index (χ3n) is 2.16. The quantitative estimate of drug-likeness (QED) is 0.753. The summed E-state index contributed by atoms with van der Waals surface area (Å²) in [6.07, 6.45) is 0.798. The molecule has 0 aliphatic carbocycles. The van der Waals surface area contributed by atoms with E-state index in [0.29, 0.717) is 18.4 Å². The van der Waals surface area contributed by atoms with Gasteiger partial charge in [0.2, 0.25) is 0 Å². The van der Waals surface area contributed by atoms with Gasteiger partial charge in [-0.15, -0.1) is 0 Å². The van der Waals surface area contributed by atoms with Gasteiger partial charge in [0.1, 0.15) is 0 Å². The predicted octanol–water partition coefficient (Wildman–Crippen LogP) is 2.00. The van der Waals surface area contributed by atoms with Crippen molar-refractivity contribution in [3.63, 3.8) is 0 Å². The lowest BCUT2D eigenvalue weighted by molar-refractivity contribution is 0.0428. The molecule has 3 nitrogen and oxygen atoms in total. The van der Waals surface area contributed by atoms with E-state index < -0.39 is 0 Å². The van der Waals surface area contributed by atoms with Gasteiger partial charge in [-0.3, -0.25) is 0 Å². The molecule has 0 aromatic heterocycles. The van der Waals surface area contributed by atoms with E-state index in [1.165, 1.54) is 0 Å². The Balaban J connectivity index is 2.31. The Kier molecular flexibility index (Phi) is 4.84. The van der Waals surface area contributed by atoms with Gasteiger partial charge in [-0.1, -0.05) is 25.1 Å². The molecule has 1 rings (SSSR count). The zero-order valence-corrected chi connectivity index (χ0v) is 8.85. The van der Waals surface area contributed by atoms with Gasteiger partial charge in [-0.05, 0) is 18.6 Å². The van der Waals surface area contributed by atoms with Crippen LogP contribution in [0.3, 0.4) is 0 Å². The van der Waals surface area contributed by atoms with Crippen molar-refractivity contribution < 1.29 is 14.6 Å². The van der Waals surface area contributed by atoms with Crippen LogP contribution in [0.25, 0.3) is 0 Å². The third-order valence-corrected chi connectivity index (χ3v) is 2.16. The van der Waals surface area contributed by atoms with Crippen LogP contribution in [-0.2, 0) is 4.74 Å². The van der Waals surface area contributed by atoms with Gasteiger partial charge in [-0.25, -0.2) is 4.79 Å². The molecular weight excluding hydrogens is 192 g/mol. The van der Waals surface area contributed by atoms with E-state index in [-0.39, 0.29) is 18.7 Å². The summed E-state index contributed by atoms with van der Waals surface area (Å²) in [7, 11) is 0. The first-order valence-electron chi connectivity index (χ1n) is 5.14. The van der Waals surface area contributed by atoms with Crippen molar-refractivity contribution in [2.75, 3.05) is 6.61 Å². The minimum Gasteiger partial charge on any atom is -0.462 e. The second kappa shape index (κ2) is 6.19. The first-order chi connectivity index (χ1) is 7.24. The number of hydrogen-bond acceptors (Lipinski definition) is 3. The lowest BCUT2D eigenvalue weighted by atomic mass is 10.2. The number of hydrogen-bond donors (Lipinski definition) is 1. The Bertz CT molecular complexity index is 295. The molecule has 15 heavy (non-hydrogen) atoms. The molecule has 0 heterocycles. The number of ether oxygens (including phenoxy) is 1. The summed E-state index contributed by atoms with van der Waals surface area (Å²) in [6, 6.07) is 8.84. The standard InChI is InChI=1S/C12H16O3/c1-2-11(13)8-9-15-12(14)10-6-4-3-5-7-10/h3-7,11,13H,2,8-9H2,1H3. The normalized spacial score (nSPS) is 12.1. The van der Waals surface area contributed by atoms with Crippen LogP contribution in [0, 0.1) is 0 Å². The number of rotatable bonds is 5. The van der Waals surface area contributed by atoms with Crippen molar-refractivity contribution in [2.24, 2.45) is 0 Å². The maximum Gasteiger partial charge on any atom is 0.338 e.